The molecule has 3 rings (SSSR count). The predicted octanol–water partition coefficient (Wildman–Crippen LogP) is 4.96. The van der Waals surface area contributed by atoms with Crippen LogP contribution in [0.2, 0.25) is 0 Å². The number of sulfonamides is 1. The third-order valence-corrected chi connectivity index (χ3v) is 5.00. The summed E-state index contributed by atoms with van der Waals surface area (Å²) in [6, 6.07) is 9.35. The zero-order chi connectivity index (χ0) is 23.6. The van der Waals surface area contributed by atoms with Gasteiger partial charge in [0.25, 0.3) is 10.0 Å². The smallest absolute Gasteiger partial charge is 0.406 e. The Morgan fingerprint density at radius 3 is 2.25 bits per heavy atom. The summed E-state index contributed by atoms with van der Waals surface area (Å²) in [5, 5.41) is 3.15. The van der Waals surface area contributed by atoms with Gasteiger partial charge >= 0.3 is 18.4 Å². The largest absolute Gasteiger partial charge is 0.573 e. The minimum absolute atomic E-state index is 0.0213. The van der Waals surface area contributed by atoms with Gasteiger partial charge in [-0.2, -0.15) is 18.2 Å². The number of rotatable bonds is 6. The van der Waals surface area contributed by atoms with Gasteiger partial charge in [0.1, 0.15) is 5.75 Å². The number of nitrogens with one attached hydrogen (secondary N) is 1. The molecule has 0 bridgehead atoms. The van der Waals surface area contributed by atoms with E-state index in [1.807, 2.05) is 0 Å². The van der Waals surface area contributed by atoms with Gasteiger partial charge in [-0.15, -0.1) is 13.2 Å². The average molecular weight is 479 g/mol. The molecular weight excluding hydrogens is 468 g/mol. The number of anilines is 1. The molecule has 0 spiro atoms. The minimum atomic E-state index is -4.88. The molecular formula is C18H11F6N3O4S. The minimum Gasteiger partial charge on any atom is -0.406 e. The SMILES string of the molecule is O=S(=O)(Nc1ccc(OC(F)(F)F)cc1)c1cccc(C=Cc2noc(C(F)(F)F)n2)c1. The van der Waals surface area contributed by atoms with Crippen LogP contribution < -0.4 is 9.46 Å². The van der Waals surface area contributed by atoms with Crippen LogP contribution >= 0.6 is 0 Å². The van der Waals surface area contributed by atoms with Gasteiger partial charge in [0.2, 0.25) is 0 Å². The Bertz CT molecular complexity index is 1220. The fourth-order valence-corrected chi connectivity index (χ4v) is 3.43. The fraction of sp³-hybridized carbons (Fsp3) is 0.111. The van der Waals surface area contributed by atoms with Crippen LogP contribution in [0.1, 0.15) is 17.3 Å². The Hall–Kier alpha value is -3.55. The predicted molar refractivity (Wildman–Crippen MR) is 98.6 cm³/mol. The molecule has 0 radical (unpaired) electrons. The van der Waals surface area contributed by atoms with Gasteiger partial charge in [-0.1, -0.05) is 23.4 Å². The first-order chi connectivity index (χ1) is 14.8. The van der Waals surface area contributed by atoms with E-state index in [9.17, 15) is 34.8 Å². The van der Waals surface area contributed by atoms with Crippen LogP contribution in [-0.2, 0) is 16.2 Å². The first-order valence-electron chi connectivity index (χ1n) is 8.39. The second-order valence-electron chi connectivity index (χ2n) is 6.04. The molecule has 7 nitrogen and oxygen atoms in total. The maximum Gasteiger partial charge on any atom is 0.573 e. The van der Waals surface area contributed by atoms with E-state index in [1.54, 1.807) is 0 Å². The summed E-state index contributed by atoms with van der Waals surface area (Å²) in [7, 11) is -4.13. The van der Waals surface area contributed by atoms with E-state index < -0.39 is 34.2 Å². The first-order valence-corrected chi connectivity index (χ1v) is 9.88. The zero-order valence-electron chi connectivity index (χ0n) is 15.5. The summed E-state index contributed by atoms with van der Waals surface area (Å²) >= 11 is 0. The van der Waals surface area contributed by atoms with Crippen molar-refractivity contribution in [1.29, 1.82) is 0 Å². The molecule has 14 heteroatoms. The molecule has 0 atom stereocenters. The molecule has 0 aliphatic heterocycles. The molecule has 1 N–H and O–H groups in total. The van der Waals surface area contributed by atoms with Crippen LogP contribution in [0.3, 0.4) is 0 Å². The van der Waals surface area contributed by atoms with E-state index in [4.69, 9.17) is 0 Å². The molecule has 1 heterocycles. The number of hydrogen-bond donors (Lipinski definition) is 1. The Labute approximate surface area is 176 Å². The maximum atomic E-state index is 12.5. The van der Waals surface area contributed by atoms with Crippen LogP contribution in [-0.4, -0.2) is 24.9 Å². The maximum absolute atomic E-state index is 12.5. The van der Waals surface area contributed by atoms with Gasteiger partial charge in [0.05, 0.1) is 4.90 Å². The van der Waals surface area contributed by atoms with E-state index in [-0.39, 0.29) is 16.4 Å². The van der Waals surface area contributed by atoms with Gasteiger partial charge in [0, 0.05) is 5.69 Å². The van der Waals surface area contributed by atoms with Crippen molar-refractivity contribution in [3.8, 4) is 5.75 Å². The number of hydrogen-bond acceptors (Lipinski definition) is 6. The monoisotopic (exact) mass is 479 g/mol. The van der Waals surface area contributed by atoms with Gasteiger partial charge < -0.3 is 9.26 Å². The lowest BCUT2D eigenvalue weighted by atomic mass is 10.2. The highest BCUT2D eigenvalue weighted by atomic mass is 32.2. The van der Waals surface area contributed by atoms with Gasteiger partial charge in [-0.05, 0) is 48.0 Å². The molecule has 0 unspecified atom stereocenters. The van der Waals surface area contributed by atoms with Crippen LogP contribution in [0.15, 0.2) is 57.9 Å². The van der Waals surface area contributed by atoms with Crippen molar-refractivity contribution < 1.29 is 44.0 Å². The van der Waals surface area contributed by atoms with Crippen LogP contribution in [0.5, 0.6) is 5.75 Å². The number of alkyl halides is 6. The molecule has 0 saturated heterocycles. The van der Waals surface area contributed by atoms with Gasteiger partial charge in [-0.3, -0.25) is 4.72 Å². The Balaban J connectivity index is 1.74. The molecule has 0 aliphatic rings. The molecule has 0 amide bonds. The lowest BCUT2D eigenvalue weighted by Crippen LogP contribution is -2.17. The van der Waals surface area contributed by atoms with E-state index >= 15 is 0 Å². The molecule has 2 aromatic carbocycles. The second-order valence-corrected chi connectivity index (χ2v) is 7.72. The molecule has 0 aliphatic carbocycles. The number of benzene rings is 2. The summed E-state index contributed by atoms with van der Waals surface area (Å²) in [5.41, 5.74) is 0.270. The highest BCUT2D eigenvalue weighted by Gasteiger charge is 2.38. The molecule has 1 aromatic heterocycles. The molecule has 170 valence electrons. The Morgan fingerprint density at radius 1 is 0.969 bits per heavy atom. The summed E-state index contributed by atoms with van der Waals surface area (Å²) in [4.78, 5) is 2.94. The molecule has 0 fully saturated rings. The topological polar surface area (TPSA) is 94.3 Å². The van der Waals surface area contributed by atoms with Crippen molar-refractivity contribution in [3.63, 3.8) is 0 Å². The zero-order valence-corrected chi connectivity index (χ0v) is 16.3. The van der Waals surface area contributed by atoms with Gasteiger partial charge in [0.15, 0.2) is 5.82 Å². The Kier molecular flexibility index (Phi) is 6.16. The summed E-state index contributed by atoms with van der Waals surface area (Å²) in [6.45, 7) is 0. The standard InChI is InChI=1S/C18H11F6N3O4S/c19-17(20,21)16-25-15(26-31-16)9-4-11-2-1-3-14(10-11)32(28,29)27-12-5-7-13(8-6-12)30-18(22,23)24/h1-10,27H. The molecule has 3 aromatic rings. The van der Waals surface area contributed by atoms with Crippen molar-refractivity contribution in [2.45, 2.75) is 17.4 Å². The lowest BCUT2D eigenvalue weighted by Gasteiger charge is -2.11. The quantitative estimate of drug-likeness (QED) is 0.503. The number of ether oxygens (including phenoxy) is 1. The van der Waals surface area contributed by atoms with E-state index in [0.29, 0.717) is 5.56 Å². The summed E-state index contributed by atoms with van der Waals surface area (Å²) in [6.07, 6.45) is -7.31. The number of aromatic nitrogens is 2. The average Bonchev–Trinajstić information content (AvgIpc) is 3.16. The highest BCUT2D eigenvalue weighted by molar-refractivity contribution is 7.92. The first kappa shape index (κ1) is 23.1. The summed E-state index contributed by atoms with van der Waals surface area (Å²) < 4.78 is 109. The summed E-state index contributed by atoms with van der Waals surface area (Å²) in [5.74, 6) is -2.42. The van der Waals surface area contributed by atoms with Crippen molar-refractivity contribution >= 4 is 27.9 Å². The van der Waals surface area contributed by atoms with Crippen LogP contribution in [0.25, 0.3) is 12.2 Å². The second kappa shape index (κ2) is 8.53. The van der Waals surface area contributed by atoms with Crippen LogP contribution in [0, 0.1) is 0 Å². The van der Waals surface area contributed by atoms with Gasteiger partial charge in [-0.25, -0.2) is 8.42 Å². The number of halogens is 6. The third-order valence-electron chi connectivity index (χ3n) is 3.62. The van der Waals surface area contributed by atoms with E-state index in [1.165, 1.54) is 30.3 Å². The van der Waals surface area contributed by atoms with Crippen molar-refractivity contribution in [1.82, 2.24) is 10.1 Å². The lowest BCUT2D eigenvalue weighted by molar-refractivity contribution is -0.274. The fourth-order valence-electron chi connectivity index (χ4n) is 2.31. The van der Waals surface area contributed by atoms with Crippen molar-refractivity contribution in [2.75, 3.05) is 4.72 Å². The van der Waals surface area contributed by atoms with E-state index in [0.717, 1.165) is 30.3 Å². The Morgan fingerprint density at radius 2 is 1.66 bits per heavy atom. The molecule has 32 heavy (non-hydrogen) atoms. The normalized spacial score (nSPS) is 12.8. The van der Waals surface area contributed by atoms with Crippen LogP contribution in [0.4, 0.5) is 32.0 Å². The molecule has 0 saturated carbocycles. The highest BCUT2D eigenvalue weighted by Crippen LogP contribution is 2.28. The third kappa shape index (κ3) is 6.23. The number of nitrogens with zero attached hydrogens (tertiary/aromatic N) is 2. The van der Waals surface area contributed by atoms with Crippen molar-refractivity contribution in [2.24, 2.45) is 0 Å². The van der Waals surface area contributed by atoms with E-state index in [2.05, 4.69) is 24.1 Å². The van der Waals surface area contributed by atoms with Crippen molar-refractivity contribution in [3.05, 3.63) is 65.8 Å².